The van der Waals surface area contributed by atoms with Gasteiger partial charge in [-0.2, -0.15) is 22.0 Å². The van der Waals surface area contributed by atoms with Gasteiger partial charge < -0.3 is 29.6 Å². The van der Waals surface area contributed by atoms with Gasteiger partial charge in [-0.1, -0.05) is 0 Å². The van der Waals surface area contributed by atoms with Gasteiger partial charge in [0.25, 0.3) is 0 Å². The Balaban J connectivity index is 2.35. The first-order valence-electron chi connectivity index (χ1n) is 11.3. The Morgan fingerprint density at radius 1 is 0.925 bits per heavy atom. The van der Waals surface area contributed by atoms with Crippen LogP contribution in [0.2, 0.25) is 0 Å². The van der Waals surface area contributed by atoms with E-state index in [1.165, 1.54) is 6.92 Å². The molecule has 0 aliphatic heterocycles. The lowest BCUT2D eigenvalue weighted by molar-refractivity contribution is -0.153. The first-order chi connectivity index (χ1) is 18.6. The number of anilines is 2. The normalized spacial score (nSPS) is 11.7. The molecule has 0 spiro atoms. The van der Waals surface area contributed by atoms with Gasteiger partial charge in [0.2, 0.25) is 0 Å². The fourth-order valence-electron chi connectivity index (χ4n) is 2.93. The molecule has 40 heavy (non-hydrogen) atoms. The van der Waals surface area contributed by atoms with Crippen LogP contribution in [0.4, 0.5) is 41.4 Å². The third kappa shape index (κ3) is 9.39. The third-order valence-electron chi connectivity index (χ3n) is 4.61. The zero-order valence-electron chi connectivity index (χ0n) is 21.0. The molecule has 0 amide bonds. The molecular formula is C23H23F7N2O6S2. The molecule has 0 saturated heterocycles. The summed E-state index contributed by atoms with van der Waals surface area (Å²) >= 11 is 6.02. The van der Waals surface area contributed by atoms with Gasteiger partial charge in [-0.15, -0.1) is 11.3 Å². The zero-order valence-corrected chi connectivity index (χ0v) is 22.7. The van der Waals surface area contributed by atoms with Crippen molar-refractivity contribution in [2.45, 2.75) is 39.3 Å². The average molecular weight is 621 g/mol. The highest BCUT2D eigenvalue weighted by molar-refractivity contribution is 7.80. The van der Waals surface area contributed by atoms with Gasteiger partial charge >= 0.3 is 30.5 Å². The van der Waals surface area contributed by atoms with Crippen molar-refractivity contribution in [1.29, 1.82) is 0 Å². The Morgan fingerprint density at radius 2 is 1.48 bits per heavy atom. The molecule has 0 aliphatic carbocycles. The van der Waals surface area contributed by atoms with Crippen molar-refractivity contribution in [1.82, 2.24) is 0 Å². The highest BCUT2D eigenvalue weighted by Crippen LogP contribution is 2.35. The number of hydrogen-bond acceptors (Lipinski definition) is 8. The van der Waals surface area contributed by atoms with Crippen molar-refractivity contribution in [2.24, 2.45) is 0 Å². The van der Waals surface area contributed by atoms with Crippen LogP contribution in [0.5, 0.6) is 11.5 Å². The molecule has 2 aromatic rings. The second-order valence-corrected chi connectivity index (χ2v) is 9.16. The number of alkyl halides is 7. The fraction of sp³-hybridized carbons (Fsp3) is 0.435. The Morgan fingerprint density at radius 3 is 2.00 bits per heavy atom. The molecule has 8 nitrogen and oxygen atoms in total. The molecule has 1 aromatic carbocycles. The Hall–Kier alpha value is -3.34. The summed E-state index contributed by atoms with van der Waals surface area (Å²) in [7, 11) is 0. The molecular weight excluding hydrogens is 597 g/mol. The van der Waals surface area contributed by atoms with E-state index in [0.29, 0.717) is 0 Å². The molecule has 17 heteroatoms. The summed E-state index contributed by atoms with van der Waals surface area (Å²) in [6.45, 7) is 1.19. The maximum absolute atomic E-state index is 13.3. The van der Waals surface area contributed by atoms with Crippen LogP contribution in [-0.2, 0) is 9.47 Å². The van der Waals surface area contributed by atoms with Crippen molar-refractivity contribution >= 4 is 51.3 Å². The number of carbonyl (C=O) groups excluding carboxylic acids is 2. The van der Waals surface area contributed by atoms with E-state index in [-0.39, 0.29) is 45.0 Å². The van der Waals surface area contributed by atoms with Crippen LogP contribution in [0.3, 0.4) is 0 Å². The molecule has 222 valence electrons. The number of nitrogens with one attached hydrogen (secondary N) is 2. The lowest BCUT2D eigenvalue weighted by atomic mass is 10.1. The van der Waals surface area contributed by atoms with Crippen LogP contribution in [0.15, 0.2) is 18.2 Å². The van der Waals surface area contributed by atoms with Crippen LogP contribution < -0.4 is 20.1 Å². The van der Waals surface area contributed by atoms with Crippen LogP contribution in [0, 0.1) is 6.92 Å². The first-order valence-corrected chi connectivity index (χ1v) is 12.5. The van der Waals surface area contributed by atoms with E-state index in [2.05, 4.69) is 20.1 Å². The number of benzene rings is 1. The van der Waals surface area contributed by atoms with Gasteiger partial charge in [0.15, 0.2) is 18.3 Å². The van der Waals surface area contributed by atoms with Crippen molar-refractivity contribution in [3.63, 3.8) is 0 Å². The van der Waals surface area contributed by atoms with E-state index in [1.54, 1.807) is 13.8 Å². The minimum Gasteiger partial charge on any atom is -0.487 e. The van der Waals surface area contributed by atoms with Gasteiger partial charge in [0.1, 0.15) is 21.4 Å². The van der Waals surface area contributed by atoms with Crippen LogP contribution in [0.1, 0.15) is 39.4 Å². The number of ether oxygens (including phenoxy) is 4. The standard InChI is InChI=1S/C23H23F7N2O6S2/c1-4-35-18(33)15-11(3)16(19(34)36-5-2)40-17(15)32-21(39)31-12-6-13(37-9-22(26,27)20(24)25)8-14(7-12)38-10-23(28,29)30/h6-8,20H,4-5,9-10H2,1-3H3,(H2,31,32,39). The summed E-state index contributed by atoms with van der Waals surface area (Å²) in [6, 6.07) is 2.79. The minimum absolute atomic E-state index is 0.0170. The van der Waals surface area contributed by atoms with Gasteiger partial charge in [-0.05, 0) is 38.6 Å². The topological polar surface area (TPSA) is 95.1 Å². The number of thiophene rings is 1. The number of carbonyl (C=O) groups is 2. The van der Waals surface area contributed by atoms with Gasteiger partial charge in [0.05, 0.1) is 18.8 Å². The van der Waals surface area contributed by atoms with Gasteiger partial charge in [-0.3, -0.25) is 0 Å². The van der Waals surface area contributed by atoms with Crippen LogP contribution in [0.25, 0.3) is 0 Å². The molecule has 0 unspecified atom stereocenters. The fourth-order valence-corrected chi connectivity index (χ4v) is 4.30. The number of halogens is 7. The Bertz CT molecular complexity index is 1220. The summed E-state index contributed by atoms with van der Waals surface area (Å²) in [5, 5.41) is 5.02. The quantitative estimate of drug-likeness (QED) is 0.158. The number of esters is 2. The summed E-state index contributed by atoms with van der Waals surface area (Å²) in [5.41, 5.74) is 0.0640. The van der Waals surface area contributed by atoms with Crippen LogP contribution in [-0.4, -0.2) is 62.0 Å². The molecule has 0 bridgehead atoms. The first kappa shape index (κ1) is 32.9. The molecule has 0 atom stereocenters. The highest BCUT2D eigenvalue weighted by Gasteiger charge is 2.41. The Kier molecular flexibility index (Phi) is 11.4. The van der Waals surface area contributed by atoms with E-state index < -0.39 is 55.2 Å². The maximum Gasteiger partial charge on any atom is 0.422 e. The predicted molar refractivity (Wildman–Crippen MR) is 135 cm³/mol. The van der Waals surface area contributed by atoms with Crippen molar-refractivity contribution in [3.05, 3.63) is 34.2 Å². The van der Waals surface area contributed by atoms with E-state index in [9.17, 15) is 40.3 Å². The maximum atomic E-state index is 13.3. The molecule has 0 saturated carbocycles. The van der Waals surface area contributed by atoms with E-state index in [0.717, 1.165) is 29.5 Å². The molecule has 0 aliphatic rings. The predicted octanol–water partition coefficient (Wildman–Crippen LogP) is 6.44. The minimum atomic E-state index is -4.75. The van der Waals surface area contributed by atoms with Crippen molar-refractivity contribution in [3.8, 4) is 11.5 Å². The summed E-state index contributed by atoms with van der Waals surface area (Å²) in [4.78, 5) is 25.0. The summed E-state index contributed by atoms with van der Waals surface area (Å²) in [5.74, 6) is -7.07. The zero-order chi connectivity index (χ0) is 30.3. The van der Waals surface area contributed by atoms with E-state index >= 15 is 0 Å². The van der Waals surface area contributed by atoms with Gasteiger partial charge in [0, 0.05) is 23.9 Å². The Labute approximate surface area is 232 Å². The second kappa shape index (κ2) is 13.8. The highest BCUT2D eigenvalue weighted by atomic mass is 32.1. The summed E-state index contributed by atoms with van der Waals surface area (Å²) < 4.78 is 109. The largest absolute Gasteiger partial charge is 0.487 e. The SMILES string of the molecule is CCOC(=O)c1sc(NC(=S)Nc2cc(OCC(F)(F)F)cc(OCC(F)(F)C(F)F)c2)c(C(=O)OCC)c1C. The lowest BCUT2D eigenvalue weighted by Crippen LogP contribution is -2.33. The molecule has 2 N–H and O–H groups in total. The average Bonchev–Trinajstić information content (AvgIpc) is 3.16. The third-order valence-corrected chi connectivity index (χ3v) is 6.00. The van der Waals surface area contributed by atoms with Crippen molar-refractivity contribution < 1.29 is 59.3 Å². The molecule has 0 radical (unpaired) electrons. The van der Waals surface area contributed by atoms with Crippen molar-refractivity contribution in [2.75, 3.05) is 37.1 Å². The number of rotatable bonds is 12. The van der Waals surface area contributed by atoms with Crippen LogP contribution >= 0.6 is 23.6 Å². The second-order valence-electron chi connectivity index (χ2n) is 7.73. The monoisotopic (exact) mass is 620 g/mol. The number of thiocarbonyl (C=S) groups is 1. The smallest absolute Gasteiger partial charge is 0.422 e. The number of hydrogen-bond donors (Lipinski definition) is 2. The lowest BCUT2D eigenvalue weighted by Gasteiger charge is -2.18. The molecule has 1 aromatic heterocycles. The molecule has 0 fully saturated rings. The molecule has 2 rings (SSSR count). The summed E-state index contributed by atoms with van der Waals surface area (Å²) in [6.07, 6.45) is -8.80. The molecule has 1 heterocycles. The van der Waals surface area contributed by atoms with E-state index in [1.807, 2.05) is 0 Å². The van der Waals surface area contributed by atoms with Gasteiger partial charge in [-0.25, -0.2) is 18.4 Å². The van der Waals surface area contributed by atoms with E-state index in [4.69, 9.17) is 21.7 Å².